The molecular weight excluding hydrogens is 286 g/mol. The first-order valence-electron chi connectivity index (χ1n) is 6.60. The van der Waals surface area contributed by atoms with Crippen LogP contribution in [0.4, 0.5) is 0 Å². The van der Waals surface area contributed by atoms with E-state index in [4.69, 9.17) is 11.6 Å². The van der Waals surface area contributed by atoms with Crippen molar-refractivity contribution in [2.24, 2.45) is 0 Å². The molecule has 0 unspecified atom stereocenters. The van der Waals surface area contributed by atoms with Crippen LogP contribution in [0.25, 0.3) is 5.65 Å². The molecule has 0 radical (unpaired) electrons. The van der Waals surface area contributed by atoms with Gasteiger partial charge in [-0.15, -0.1) is 0 Å². The summed E-state index contributed by atoms with van der Waals surface area (Å²) in [5, 5.41) is 3.47. The van der Waals surface area contributed by atoms with Crippen molar-refractivity contribution >= 4 is 23.2 Å². The minimum absolute atomic E-state index is 0.139. The summed E-state index contributed by atoms with van der Waals surface area (Å²) in [6, 6.07) is 10.8. The summed E-state index contributed by atoms with van der Waals surface area (Å²) >= 11 is 5.80. The highest BCUT2D eigenvalue weighted by atomic mass is 35.5. The van der Waals surface area contributed by atoms with Crippen LogP contribution in [0.15, 0.2) is 48.8 Å². The summed E-state index contributed by atoms with van der Waals surface area (Å²) in [5.74, 6) is -0.139. The smallest absolute Gasteiger partial charge is 0.251 e. The number of pyridine rings is 1. The van der Waals surface area contributed by atoms with Gasteiger partial charge < -0.3 is 9.72 Å². The Balaban J connectivity index is 1.71. The third-order valence-electron chi connectivity index (χ3n) is 3.19. The molecule has 0 saturated carbocycles. The first-order valence-corrected chi connectivity index (χ1v) is 6.97. The summed E-state index contributed by atoms with van der Waals surface area (Å²) < 4.78 is 1.96. The van der Waals surface area contributed by atoms with Gasteiger partial charge >= 0.3 is 0 Å². The lowest BCUT2D eigenvalue weighted by molar-refractivity contribution is 0.0950. The topological polar surface area (TPSA) is 46.4 Å². The second-order valence-electron chi connectivity index (χ2n) is 4.89. The van der Waals surface area contributed by atoms with Crippen molar-refractivity contribution in [2.75, 3.05) is 0 Å². The van der Waals surface area contributed by atoms with E-state index in [0.717, 1.165) is 16.9 Å². The fraction of sp³-hybridized carbons (Fsp3) is 0.125. The van der Waals surface area contributed by atoms with E-state index in [2.05, 4.69) is 10.3 Å². The molecule has 0 bridgehead atoms. The average molecular weight is 300 g/mol. The van der Waals surface area contributed by atoms with Crippen molar-refractivity contribution in [3.63, 3.8) is 0 Å². The molecule has 0 aliphatic carbocycles. The standard InChI is InChI=1S/C16H14ClN3O/c1-11-2-7-15-19-14(10-20(15)9-11)8-18-16(21)12-3-5-13(17)6-4-12/h2-7,9-10H,8H2,1H3,(H,18,21). The number of fused-ring (bicyclic) bond motifs is 1. The van der Waals surface area contributed by atoms with Crippen molar-refractivity contribution in [3.8, 4) is 0 Å². The second-order valence-corrected chi connectivity index (χ2v) is 5.33. The van der Waals surface area contributed by atoms with E-state index in [-0.39, 0.29) is 5.91 Å². The molecule has 0 aliphatic heterocycles. The van der Waals surface area contributed by atoms with Crippen LogP contribution in [0.1, 0.15) is 21.6 Å². The van der Waals surface area contributed by atoms with Crippen molar-refractivity contribution in [2.45, 2.75) is 13.5 Å². The van der Waals surface area contributed by atoms with Crippen LogP contribution in [-0.2, 0) is 6.54 Å². The molecule has 1 N–H and O–H groups in total. The van der Waals surface area contributed by atoms with Gasteiger partial charge in [-0.1, -0.05) is 17.7 Å². The third-order valence-corrected chi connectivity index (χ3v) is 3.44. The van der Waals surface area contributed by atoms with Gasteiger partial charge in [-0.05, 0) is 42.8 Å². The van der Waals surface area contributed by atoms with Crippen LogP contribution in [0.2, 0.25) is 5.02 Å². The van der Waals surface area contributed by atoms with E-state index >= 15 is 0 Å². The maximum Gasteiger partial charge on any atom is 0.251 e. The van der Waals surface area contributed by atoms with Crippen LogP contribution in [0.5, 0.6) is 0 Å². The maximum absolute atomic E-state index is 12.0. The Hall–Kier alpha value is -2.33. The number of aryl methyl sites for hydroxylation is 1. The summed E-state index contributed by atoms with van der Waals surface area (Å²) in [4.78, 5) is 16.5. The number of hydrogen-bond donors (Lipinski definition) is 1. The van der Waals surface area contributed by atoms with Gasteiger partial charge in [0.2, 0.25) is 0 Å². The van der Waals surface area contributed by atoms with E-state index in [0.29, 0.717) is 17.1 Å². The van der Waals surface area contributed by atoms with Crippen molar-refractivity contribution < 1.29 is 4.79 Å². The Morgan fingerprint density at radius 1 is 1.19 bits per heavy atom. The zero-order chi connectivity index (χ0) is 14.8. The van der Waals surface area contributed by atoms with Gasteiger partial charge in [-0.2, -0.15) is 0 Å². The van der Waals surface area contributed by atoms with Crippen molar-refractivity contribution in [1.29, 1.82) is 0 Å². The molecule has 2 aromatic heterocycles. The van der Waals surface area contributed by atoms with E-state index < -0.39 is 0 Å². The van der Waals surface area contributed by atoms with Gasteiger partial charge in [0.05, 0.1) is 12.2 Å². The minimum Gasteiger partial charge on any atom is -0.346 e. The second kappa shape index (κ2) is 5.58. The summed E-state index contributed by atoms with van der Waals surface area (Å²) in [6.07, 6.45) is 3.93. The van der Waals surface area contributed by atoms with Crippen LogP contribution >= 0.6 is 11.6 Å². The lowest BCUT2D eigenvalue weighted by Gasteiger charge is -2.03. The SMILES string of the molecule is Cc1ccc2nc(CNC(=O)c3ccc(Cl)cc3)cn2c1. The number of benzene rings is 1. The summed E-state index contributed by atoms with van der Waals surface area (Å²) in [6.45, 7) is 2.42. The zero-order valence-corrected chi connectivity index (χ0v) is 12.3. The predicted molar refractivity (Wildman–Crippen MR) is 82.6 cm³/mol. The Morgan fingerprint density at radius 2 is 1.95 bits per heavy atom. The van der Waals surface area contributed by atoms with Gasteiger partial charge in [-0.25, -0.2) is 4.98 Å². The molecule has 0 fully saturated rings. The summed E-state index contributed by atoms with van der Waals surface area (Å²) in [7, 11) is 0. The van der Waals surface area contributed by atoms with Crippen LogP contribution in [-0.4, -0.2) is 15.3 Å². The first kappa shape index (κ1) is 13.6. The molecule has 0 aliphatic rings. The van der Waals surface area contributed by atoms with E-state index in [9.17, 15) is 4.79 Å². The fourth-order valence-corrected chi connectivity index (χ4v) is 2.24. The highest BCUT2D eigenvalue weighted by molar-refractivity contribution is 6.30. The van der Waals surface area contributed by atoms with E-state index in [1.54, 1.807) is 24.3 Å². The average Bonchev–Trinajstić information content (AvgIpc) is 2.87. The number of nitrogens with zero attached hydrogens (tertiary/aromatic N) is 2. The highest BCUT2D eigenvalue weighted by Gasteiger charge is 2.07. The largest absolute Gasteiger partial charge is 0.346 e. The van der Waals surface area contributed by atoms with E-state index in [1.165, 1.54) is 0 Å². The number of carbonyl (C=O) groups excluding carboxylic acids is 1. The number of amides is 1. The number of rotatable bonds is 3. The van der Waals surface area contributed by atoms with Gasteiger partial charge in [-0.3, -0.25) is 4.79 Å². The number of carbonyl (C=O) groups is 1. The molecular formula is C16H14ClN3O. The number of aromatic nitrogens is 2. The summed E-state index contributed by atoms with van der Waals surface area (Å²) in [5.41, 5.74) is 3.44. The molecule has 5 heteroatoms. The molecule has 1 amide bonds. The Labute approximate surface area is 127 Å². The molecule has 3 aromatic rings. The van der Waals surface area contributed by atoms with Crippen LogP contribution in [0, 0.1) is 6.92 Å². The lowest BCUT2D eigenvalue weighted by Crippen LogP contribution is -2.22. The van der Waals surface area contributed by atoms with Crippen molar-refractivity contribution in [1.82, 2.24) is 14.7 Å². The monoisotopic (exact) mass is 299 g/mol. The number of halogens is 1. The minimum atomic E-state index is -0.139. The first-order chi connectivity index (χ1) is 10.1. The predicted octanol–water partition coefficient (Wildman–Crippen LogP) is 3.23. The fourth-order valence-electron chi connectivity index (χ4n) is 2.11. The molecule has 0 saturated heterocycles. The zero-order valence-electron chi connectivity index (χ0n) is 11.5. The highest BCUT2D eigenvalue weighted by Crippen LogP contribution is 2.10. The normalized spacial score (nSPS) is 10.8. The molecule has 2 heterocycles. The molecule has 3 rings (SSSR count). The molecule has 1 aromatic carbocycles. The number of imidazole rings is 1. The Bertz CT molecular complexity index is 793. The maximum atomic E-state index is 12.0. The van der Waals surface area contributed by atoms with Gasteiger partial charge in [0.1, 0.15) is 5.65 Å². The lowest BCUT2D eigenvalue weighted by atomic mass is 10.2. The van der Waals surface area contributed by atoms with E-state index in [1.807, 2.05) is 35.9 Å². The number of hydrogen-bond acceptors (Lipinski definition) is 2. The van der Waals surface area contributed by atoms with Gasteiger partial charge in [0.15, 0.2) is 0 Å². The molecule has 0 spiro atoms. The van der Waals surface area contributed by atoms with Gasteiger partial charge in [0, 0.05) is 23.0 Å². The van der Waals surface area contributed by atoms with Crippen LogP contribution < -0.4 is 5.32 Å². The molecule has 21 heavy (non-hydrogen) atoms. The Kier molecular flexibility index (Phi) is 3.62. The molecule has 4 nitrogen and oxygen atoms in total. The van der Waals surface area contributed by atoms with Crippen molar-refractivity contribution in [3.05, 3.63) is 70.6 Å². The molecule has 106 valence electrons. The van der Waals surface area contributed by atoms with Gasteiger partial charge in [0.25, 0.3) is 5.91 Å². The number of nitrogens with one attached hydrogen (secondary N) is 1. The third kappa shape index (κ3) is 3.06. The Morgan fingerprint density at radius 3 is 2.71 bits per heavy atom. The molecule has 0 atom stereocenters. The quantitative estimate of drug-likeness (QED) is 0.807. The van der Waals surface area contributed by atoms with Crippen LogP contribution in [0.3, 0.4) is 0 Å².